The number of carbonyl (C=O) groups excluding carboxylic acids is 1. The number of aryl methyl sites for hydroxylation is 2. The Labute approximate surface area is 135 Å². The number of rotatable bonds is 5. The first-order valence-corrected chi connectivity index (χ1v) is 8.08. The zero-order valence-electron chi connectivity index (χ0n) is 13.7. The molecular weight excluding hydrogens is 296 g/mol. The lowest BCUT2D eigenvalue weighted by Gasteiger charge is -2.24. The Hall–Kier alpha value is -1.95. The molecule has 1 atom stereocenters. The number of thiazole rings is 1. The average Bonchev–Trinajstić information content (AvgIpc) is 2.89. The van der Waals surface area contributed by atoms with E-state index in [1.165, 1.54) is 11.3 Å². The number of pyridine rings is 1. The van der Waals surface area contributed by atoms with Crippen molar-refractivity contribution in [3.05, 3.63) is 40.2 Å². The van der Waals surface area contributed by atoms with Crippen LogP contribution in [0.15, 0.2) is 18.3 Å². The van der Waals surface area contributed by atoms with Crippen LogP contribution in [0.4, 0.5) is 5.13 Å². The SMILES string of the molecule is CNc1nc(C)c(C(=O)N(C)[C@@H](C)Cc2ncccc2C)s1. The Morgan fingerprint density at radius 1 is 1.45 bits per heavy atom. The van der Waals surface area contributed by atoms with E-state index in [4.69, 9.17) is 0 Å². The molecular formula is C16H22N4OS. The molecule has 1 amide bonds. The summed E-state index contributed by atoms with van der Waals surface area (Å²) in [5.41, 5.74) is 2.96. The second-order valence-corrected chi connectivity index (χ2v) is 6.42. The number of nitrogens with zero attached hydrogens (tertiary/aromatic N) is 3. The van der Waals surface area contributed by atoms with Crippen molar-refractivity contribution in [3.8, 4) is 0 Å². The van der Waals surface area contributed by atoms with E-state index in [1.54, 1.807) is 11.1 Å². The van der Waals surface area contributed by atoms with E-state index in [9.17, 15) is 4.79 Å². The van der Waals surface area contributed by atoms with Crippen molar-refractivity contribution in [1.29, 1.82) is 0 Å². The number of nitrogens with one attached hydrogen (secondary N) is 1. The smallest absolute Gasteiger partial charge is 0.265 e. The minimum absolute atomic E-state index is 0.0117. The molecule has 5 nitrogen and oxygen atoms in total. The molecule has 2 rings (SSSR count). The molecule has 6 heteroatoms. The third kappa shape index (κ3) is 3.44. The highest BCUT2D eigenvalue weighted by Crippen LogP contribution is 2.24. The van der Waals surface area contributed by atoms with Gasteiger partial charge >= 0.3 is 0 Å². The summed E-state index contributed by atoms with van der Waals surface area (Å²) in [5, 5.41) is 3.75. The Morgan fingerprint density at radius 3 is 2.77 bits per heavy atom. The van der Waals surface area contributed by atoms with Crippen LogP contribution in [0.2, 0.25) is 0 Å². The maximum Gasteiger partial charge on any atom is 0.265 e. The second kappa shape index (κ2) is 6.87. The molecule has 0 bridgehead atoms. The van der Waals surface area contributed by atoms with Crippen LogP contribution < -0.4 is 5.32 Å². The molecule has 0 aliphatic carbocycles. The lowest BCUT2D eigenvalue weighted by atomic mass is 10.1. The molecule has 0 radical (unpaired) electrons. The van der Waals surface area contributed by atoms with E-state index in [0.717, 1.165) is 28.5 Å². The van der Waals surface area contributed by atoms with Gasteiger partial charge in [-0.2, -0.15) is 0 Å². The van der Waals surface area contributed by atoms with E-state index >= 15 is 0 Å². The van der Waals surface area contributed by atoms with Crippen molar-refractivity contribution in [2.24, 2.45) is 0 Å². The maximum atomic E-state index is 12.7. The van der Waals surface area contributed by atoms with Gasteiger partial charge in [0.25, 0.3) is 5.91 Å². The Balaban J connectivity index is 2.12. The molecule has 2 heterocycles. The van der Waals surface area contributed by atoms with Crippen LogP contribution in [-0.4, -0.2) is 40.9 Å². The highest BCUT2D eigenvalue weighted by atomic mass is 32.1. The third-order valence-electron chi connectivity index (χ3n) is 3.79. The Bertz CT molecular complexity index is 668. The molecule has 118 valence electrons. The molecule has 0 saturated heterocycles. The van der Waals surface area contributed by atoms with Gasteiger partial charge < -0.3 is 10.2 Å². The van der Waals surface area contributed by atoms with Gasteiger partial charge in [-0.3, -0.25) is 9.78 Å². The molecule has 0 aliphatic rings. The molecule has 1 N–H and O–H groups in total. The van der Waals surface area contributed by atoms with E-state index < -0.39 is 0 Å². The van der Waals surface area contributed by atoms with Crippen molar-refractivity contribution in [2.75, 3.05) is 19.4 Å². The normalized spacial score (nSPS) is 12.0. The van der Waals surface area contributed by atoms with Gasteiger partial charge in [0.15, 0.2) is 5.13 Å². The van der Waals surface area contributed by atoms with Crippen molar-refractivity contribution in [1.82, 2.24) is 14.9 Å². The van der Waals surface area contributed by atoms with Crippen molar-refractivity contribution >= 4 is 22.4 Å². The monoisotopic (exact) mass is 318 g/mol. The van der Waals surface area contributed by atoms with Crippen molar-refractivity contribution in [3.63, 3.8) is 0 Å². The molecule has 0 unspecified atom stereocenters. The number of hydrogen-bond acceptors (Lipinski definition) is 5. The highest BCUT2D eigenvalue weighted by Gasteiger charge is 2.23. The molecule has 0 fully saturated rings. The molecule has 0 aromatic carbocycles. The summed E-state index contributed by atoms with van der Waals surface area (Å²) in [7, 11) is 3.65. The van der Waals surface area contributed by atoms with Gasteiger partial charge in [0.1, 0.15) is 4.88 Å². The number of hydrogen-bond donors (Lipinski definition) is 1. The third-order valence-corrected chi connectivity index (χ3v) is 4.96. The first-order valence-electron chi connectivity index (χ1n) is 7.26. The first kappa shape index (κ1) is 16.4. The zero-order chi connectivity index (χ0) is 16.3. The highest BCUT2D eigenvalue weighted by molar-refractivity contribution is 7.17. The zero-order valence-corrected chi connectivity index (χ0v) is 14.5. The molecule has 0 spiro atoms. The lowest BCUT2D eigenvalue weighted by Crippen LogP contribution is -2.36. The lowest BCUT2D eigenvalue weighted by molar-refractivity contribution is 0.0746. The number of anilines is 1. The van der Waals surface area contributed by atoms with Crippen LogP contribution >= 0.6 is 11.3 Å². The van der Waals surface area contributed by atoms with Gasteiger partial charge in [0.2, 0.25) is 0 Å². The summed E-state index contributed by atoms with van der Waals surface area (Å²) in [4.78, 5) is 23.9. The van der Waals surface area contributed by atoms with Gasteiger partial charge in [0, 0.05) is 38.4 Å². The summed E-state index contributed by atoms with van der Waals surface area (Å²) in [6.45, 7) is 5.96. The van der Waals surface area contributed by atoms with Crippen LogP contribution in [0.1, 0.15) is 33.5 Å². The average molecular weight is 318 g/mol. The molecule has 2 aromatic heterocycles. The van der Waals surface area contributed by atoms with Crippen LogP contribution in [0.25, 0.3) is 0 Å². The Kier molecular flexibility index (Phi) is 5.13. The second-order valence-electron chi connectivity index (χ2n) is 5.42. The van der Waals surface area contributed by atoms with Gasteiger partial charge in [-0.15, -0.1) is 0 Å². The maximum absolute atomic E-state index is 12.7. The predicted molar refractivity (Wildman–Crippen MR) is 90.6 cm³/mol. The molecule has 0 saturated carbocycles. The van der Waals surface area contributed by atoms with E-state index in [0.29, 0.717) is 4.88 Å². The van der Waals surface area contributed by atoms with E-state index in [-0.39, 0.29) is 11.9 Å². The summed E-state index contributed by atoms with van der Waals surface area (Å²) in [6.07, 6.45) is 2.54. The summed E-state index contributed by atoms with van der Waals surface area (Å²) >= 11 is 1.39. The van der Waals surface area contributed by atoms with Crippen molar-refractivity contribution in [2.45, 2.75) is 33.2 Å². The quantitative estimate of drug-likeness (QED) is 0.921. The van der Waals surface area contributed by atoms with Crippen LogP contribution in [0, 0.1) is 13.8 Å². The molecule has 22 heavy (non-hydrogen) atoms. The minimum Gasteiger partial charge on any atom is -0.365 e. The minimum atomic E-state index is 0.0117. The topological polar surface area (TPSA) is 58.1 Å². The molecule has 2 aromatic rings. The Morgan fingerprint density at radius 2 is 2.18 bits per heavy atom. The summed E-state index contributed by atoms with van der Waals surface area (Å²) < 4.78 is 0. The first-order chi connectivity index (χ1) is 10.4. The van der Waals surface area contributed by atoms with Crippen LogP contribution in [0.3, 0.4) is 0 Å². The van der Waals surface area contributed by atoms with Gasteiger partial charge in [0.05, 0.1) is 5.69 Å². The number of likely N-dealkylation sites (N-methyl/N-ethyl adjacent to an activating group) is 1. The number of aromatic nitrogens is 2. The molecule has 0 aliphatic heterocycles. The predicted octanol–water partition coefficient (Wildman–Crippen LogP) is 2.90. The van der Waals surface area contributed by atoms with E-state index in [2.05, 4.69) is 15.3 Å². The van der Waals surface area contributed by atoms with Crippen LogP contribution in [-0.2, 0) is 6.42 Å². The fraction of sp³-hybridized carbons (Fsp3) is 0.438. The summed E-state index contributed by atoms with van der Waals surface area (Å²) in [6, 6.07) is 4.04. The number of carbonyl (C=O) groups is 1. The standard InChI is InChI=1S/C16H22N4OS/c1-10-7-6-8-18-13(10)9-11(2)20(5)15(21)14-12(3)19-16(17-4)22-14/h6-8,11H,9H2,1-5H3,(H,17,19)/t11-/m0/s1. The van der Waals surface area contributed by atoms with Crippen LogP contribution in [0.5, 0.6) is 0 Å². The van der Waals surface area contributed by atoms with Crippen molar-refractivity contribution < 1.29 is 4.79 Å². The van der Waals surface area contributed by atoms with Gasteiger partial charge in [-0.05, 0) is 32.4 Å². The fourth-order valence-electron chi connectivity index (χ4n) is 2.21. The van der Waals surface area contributed by atoms with Gasteiger partial charge in [-0.1, -0.05) is 17.4 Å². The summed E-state index contributed by atoms with van der Waals surface area (Å²) in [5.74, 6) is 0.0117. The number of amides is 1. The fourth-order valence-corrected chi connectivity index (χ4v) is 3.11. The largest absolute Gasteiger partial charge is 0.365 e. The van der Waals surface area contributed by atoms with Gasteiger partial charge in [-0.25, -0.2) is 4.98 Å². The van der Waals surface area contributed by atoms with E-state index in [1.807, 2.05) is 47.0 Å².